The van der Waals surface area contributed by atoms with E-state index < -0.39 is 16.5 Å². The summed E-state index contributed by atoms with van der Waals surface area (Å²) in [6.45, 7) is 0. The molecule has 12 heavy (non-hydrogen) atoms. The largest absolute Gasteiger partial charge is 0.342 e. The zero-order chi connectivity index (χ0) is 9.19. The minimum Gasteiger partial charge on any atom is -0.317 e. The number of nitriles is 1. The zero-order valence-corrected chi connectivity index (χ0v) is 6.18. The van der Waals surface area contributed by atoms with Crippen molar-refractivity contribution in [1.82, 2.24) is 0 Å². The molecule has 0 bridgehead atoms. The Morgan fingerprint density at radius 2 is 2.33 bits per heavy atom. The number of nitrogens with two attached hydrogens (primary N) is 1. The summed E-state index contributed by atoms with van der Waals surface area (Å²) >= 11 is 0. The third-order valence-corrected chi connectivity index (χ3v) is 1.77. The second-order valence-corrected chi connectivity index (χ2v) is 2.46. The average molecular weight is 165 g/mol. The summed E-state index contributed by atoms with van der Waals surface area (Å²) < 4.78 is 0. The fourth-order valence-electron chi connectivity index (χ4n) is 0.979. The van der Waals surface area contributed by atoms with Crippen molar-refractivity contribution < 1.29 is 4.92 Å². The number of hydrogen-bond acceptors (Lipinski definition) is 4. The van der Waals surface area contributed by atoms with Gasteiger partial charge in [0.05, 0.1) is 0 Å². The molecule has 0 aromatic carbocycles. The van der Waals surface area contributed by atoms with Gasteiger partial charge in [-0.1, -0.05) is 18.2 Å². The van der Waals surface area contributed by atoms with Gasteiger partial charge in [-0.3, -0.25) is 10.1 Å². The minimum atomic E-state index is -1.78. The monoisotopic (exact) mass is 165 g/mol. The van der Waals surface area contributed by atoms with Gasteiger partial charge in [-0.05, 0) is 0 Å². The highest BCUT2D eigenvalue weighted by Crippen LogP contribution is 2.19. The molecule has 5 nitrogen and oxygen atoms in total. The van der Waals surface area contributed by atoms with Gasteiger partial charge in [0.15, 0.2) is 6.07 Å². The molecule has 1 aliphatic rings. The summed E-state index contributed by atoms with van der Waals surface area (Å²) in [7, 11) is 0. The fraction of sp³-hybridized carbons (Fsp3) is 0.286. The summed E-state index contributed by atoms with van der Waals surface area (Å²) in [5, 5.41) is 19.2. The first-order valence-electron chi connectivity index (χ1n) is 3.31. The van der Waals surface area contributed by atoms with Crippen molar-refractivity contribution >= 4 is 0 Å². The lowest BCUT2D eigenvalue weighted by Gasteiger charge is -2.20. The van der Waals surface area contributed by atoms with Gasteiger partial charge in [-0.2, -0.15) is 5.26 Å². The number of rotatable bonds is 1. The van der Waals surface area contributed by atoms with Gasteiger partial charge >= 0.3 is 5.54 Å². The molecule has 1 rings (SSSR count). The van der Waals surface area contributed by atoms with E-state index in [1.54, 1.807) is 12.1 Å². The molecule has 5 heteroatoms. The standard InChI is InChI=1S/C7H7N3O2/c8-5-7(10(11)12)4-2-1-3-6(7)9/h1-4,6H,9H2. The molecule has 62 valence electrons. The minimum absolute atomic E-state index is 0.669. The van der Waals surface area contributed by atoms with Crippen LogP contribution in [0.5, 0.6) is 0 Å². The molecule has 1 aliphatic carbocycles. The Morgan fingerprint density at radius 3 is 2.67 bits per heavy atom. The van der Waals surface area contributed by atoms with Crippen LogP contribution in [-0.4, -0.2) is 16.5 Å². The van der Waals surface area contributed by atoms with Crippen molar-refractivity contribution in [2.45, 2.75) is 11.6 Å². The fourth-order valence-corrected chi connectivity index (χ4v) is 0.979. The summed E-state index contributed by atoms with van der Waals surface area (Å²) in [6, 6.07) is 0.732. The lowest BCUT2D eigenvalue weighted by atomic mass is 9.89. The molecule has 0 aromatic rings. The van der Waals surface area contributed by atoms with E-state index in [4.69, 9.17) is 11.0 Å². The van der Waals surface area contributed by atoms with E-state index in [-0.39, 0.29) is 0 Å². The first kappa shape index (κ1) is 8.43. The van der Waals surface area contributed by atoms with Gasteiger partial charge < -0.3 is 5.73 Å². The normalized spacial score (nSPS) is 32.8. The molecule has 2 unspecified atom stereocenters. The van der Waals surface area contributed by atoms with Crippen LogP contribution in [0.25, 0.3) is 0 Å². The molecule has 0 aromatic heterocycles. The average Bonchev–Trinajstić information content (AvgIpc) is 2.05. The van der Waals surface area contributed by atoms with E-state index in [0.29, 0.717) is 0 Å². The van der Waals surface area contributed by atoms with Crippen LogP contribution in [0, 0.1) is 21.4 Å². The lowest BCUT2D eigenvalue weighted by molar-refractivity contribution is -0.539. The molecular formula is C7H7N3O2. The van der Waals surface area contributed by atoms with Gasteiger partial charge in [0, 0.05) is 11.0 Å². The maximum atomic E-state index is 10.5. The second kappa shape index (κ2) is 2.75. The third kappa shape index (κ3) is 0.984. The molecular weight excluding hydrogens is 158 g/mol. The Labute approximate surface area is 68.9 Å². The van der Waals surface area contributed by atoms with Crippen LogP contribution in [0.1, 0.15) is 0 Å². The quantitative estimate of drug-likeness (QED) is 0.436. The van der Waals surface area contributed by atoms with Crippen molar-refractivity contribution in [3.8, 4) is 6.07 Å². The van der Waals surface area contributed by atoms with Crippen molar-refractivity contribution in [1.29, 1.82) is 5.26 Å². The molecule has 0 aliphatic heterocycles. The first-order chi connectivity index (χ1) is 5.63. The molecule has 2 N–H and O–H groups in total. The van der Waals surface area contributed by atoms with E-state index in [9.17, 15) is 10.1 Å². The van der Waals surface area contributed by atoms with E-state index in [2.05, 4.69) is 0 Å². The van der Waals surface area contributed by atoms with Gasteiger partial charge in [-0.15, -0.1) is 0 Å². The number of hydrogen-bond donors (Lipinski definition) is 1. The highest BCUT2D eigenvalue weighted by Gasteiger charge is 2.46. The van der Waals surface area contributed by atoms with E-state index >= 15 is 0 Å². The summed E-state index contributed by atoms with van der Waals surface area (Å²) in [5.41, 5.74) is 3.64. The highest BCUT2D eigenvalue weighted by molar-refractivity contribution is 5.31. The topological polar surface area (TPSA) is 92.9 Å². The molecule has 0 saturated carbocycles. The second-order valence-electron chi connectivity index (χ2n) is 2.46. The highest BCUT2D eigenvalue weighted by atomic mass is 16.6. The lowest BCUT2D eigenvalue weighted by Crippen LogP contribution is -2.51. The Morgan fingerprint density at radius 1 is 1.67 bits per heavy atom. The SMILES string of the molecule is N#CC1([N+](=O)[O-])C=CC=CC1N. The molecule has 2 atom stereocenters. The Bertz CT molecular complexity index is 302. The molecule has 0 heterocycles. The van der Waals surface area contributed by atoms with Gasteiger partial charge in [0.2, 0.25) is 0 Å². The van der Waals surface area contributed by atoms with Crippen molar-refractivity contribution in [3.05, 3.63) is 34.4 Å². The van der Waals surface area contributed by atoms with Crippen LogP contribution in [0.15, 0.2) is 24.3 Å². The van der Waals surface area contributed by atoms with Crippen LogP contribution >= 0.6 is 0 Å². The molecule has 0 saturated heterocycles. The van der Waals surface area contributed by atoms with E-state index in [0.717, 1.165) is 0 Å². The van der Waals surface area contributed by atoms with Crippen molar-refractivity contribution in [3.63, 3.8) is 0 Å². The summed E-state index contributed by atoms with van der Waals surface area (Å²) in [5.74, 6) is 0. The van der Waals surface area contributed by atoms with Crippen LogP contribution in [-0.2, 0) is 0 Å². The van der Waals surface area contributed by atoms with Gasteiger partial charge in [0.25, 0.3) is 0 Å². The maximum absolute atomic E-state index is 10.5. The Balaban J connectivity index is 3.11. The van der Waals surface area contributed by atoms with Crippen LogP contribution < -0.4 is 5.73 Å². The summed E-state index contributed by atoms with van der Waals surface area (Å²) in [4.78, 5) is 9.87. The predicted octanol–water partition coefficient (Wildman–Crippen LogP) is -0.0212. The number of nitro groups is 1. The van der Waals surface area contributed by atoms with Crippen molar-refractivity contribution in [2.75, 3.05) is 0 Å². The van der Waals surface area contributed by atoms with Crippen LogP contribution in [0.3, 0.4) is 0 Å². The predicted molar refractivity (Wildman–Crippen MR) is 41.6 cm³/mol. The third-order valence-electron chi connectivity index (χ3n) is 1.77. The van der Waals surface area contributed by atoms with Gasteiger partial charge in [0.1, 0.15) is 6.04 Å². The number of allylic oxidation sites excluding steroid dienone is 2. The summed E-state index contributed by atoms with van der Waals surface area (Å²) in [6.07, 6.45) is 5.68. The maximum Gasteiger partial charge on any atom is 0.342 e. The molecule has 0 radical (unpaired) electrons. The molecule has 0 amide bonds. The number of nitrogens with zero attached hydrogens (tertiary/aromatic N) is 2. The van der Waals surface area contributed by atoms with Crippen molar-refractivity contribution in [2.24, 2.45) is 5.73 Å². The van der Waals surface area contributed by atoms with Crippen LogP contribution in [0.4, 0.5) is 0 Å². The molecule has 0 spiro atoms. The van der Waals surface area contributed by atoms with Gasteiger partial charge in [-0.25, -0.2) is 0 Å². The first-order valence-corrected chi connectivity index (χ1v) is 3.31. The zero-order valence-electron chi connectivity index (χ0n) is 6.18. The smallest absolute Gasteiger partial charge is 0.317 e. The Kier molecular flexibility index (Phi) is 1.93. The Hall–Kier alpha value is -1.67. The van der Waals surface area contributed by atoms with E-state index in [1.165, 1.54) is 18.2 Å². The molecule has 0 fully saturated rings. The van der Waals surface area contributed by atoms with Crippen LogP contribution in [0.2, 0.25) is 0 Å². The van der Waals surface area contributed by atoms with E-state index in [1.807, 2.05) is 0 Å².